The van der Waals surface area contributed by atoms with Gasteiger partial charge in [-0.1, -0.05) is 97.1 Å². The first-order valence-electron chi connectivity index (χ1n) is 14.3. The zero-order valence-corrected chi connectivity index (χ0v) is 22.3. The van der Waals surface area contributed by atoms with E-state index < -0.39 is 0 Å². The molecule has 4 heteroatoms. The molecule has 194 valence electrons. The molecule has 0 aliphatic heterocycles. The van der Waals surface area contributed by atoms with Crippen LogP contribution in [-0.2, 0) is 5.41 Å². The van der Waals surface area contributed by atoms with Crippen molar-refractivity contribution in [3.63, 3.8) is 0 Å². The van der Waals surface area contributed by atoms with Crippen molar-refractivity contribution in [2.45, 2.75) is 29.3 Å². The molecule has 4 nitrogen and oxygen atoms in total. The number of para-hydroxylation sites is 2. The molecule has 1 spiro atoms. The Morgan fingerprint density at radius 2 is 0.927 bits per heavy atom. The number of rotatable bonds is 4. The van der Waals surface area contributed by atoms with Crippen LogP contribution in [0.3, 0.4) is 0 Å². The average molecular weight is 527 g/mol. The molecule has 2 aromatic heterocycles. The van der Waals surface area contributed by atoms with Crippen molar-refractivity contribution in [3.05, 3.63) is 155 Å². The van der Waals surface area contributed by atoms with Crippen LogP contribution in [-0.4, -0.2) is 34.5 Å². The van der Waals surface area contributed by atoms with E-state index >= 15 is 0 Å². The predicted molar refractivity (Wildman–Crippen MR) is 165 cm³/mol. The summed E-state index contributed by atoms with van der Waals surface area (Å²) in [6, 6.07) is 42.7. The highest BCUT2D eigenvalue weighted by atomic mass is 15.0. The Morgan fingerprint density at radius 1 is 0.488 bits per heavy atom. The number of benzene rings is 4. The van der Waals surface area contributed by atoms with Crippen LogP contribution in [0.1, 0.15) is 45.5 Å². The molecule has 6 aromatic rings. The number of hydrogen-bond donors (Lipinski definition) is 0. The molecule has 41 heavy (non-hydrogen) atoms. The molecular weight excluding hydrogens is 500 g/mol. The summed E-state index contributed by atoms with van der Waals surface area (Å²) in [7, 11) is 0. The second-order valence-electron chi connectivity index (χ2n) is 11.4. The van der Waals surface area contributed by atoms with Crippen molar-refractivity contribution < 1.29 is 0 Å². The molecule has 4 aromatic carbocycles. The first kappa shape index (κ1) is 22.8. The number of aromatic nitrogens is 2. The van der Waals surface area contributed by atoms with Crippen LogP contribution < -0.4 is 0 Å². The summed E-state index contributed by atoms with van der Waals surface area (Å²) in [5, 5.41) is 2.27. The molecule has 2 unspecified atom stereocenters. The topological polar surface area (TPSA) is 50.5 Å². The summed E-state index contributed by atoms with van der Waals surface area (Å²) in [6.07, 6.45) is 3.94. The van der Waals surface area contributed by atoms with E-state index in [9.17, 15) is 0 Å². The fraction of sp³-hybridized carbons (Fsp3) is 0.135. The lowest BCUT2D eigenvalue weighted by Crippen LogP contribution is -2.53. The Morgan fingerprint density at radius 3 is 1.44 bits per heavy atom. The van der Waals surface area contributed by atoms with E-state index in [4.69, 9.17) is 20.0 Å². The quantitative estimate of drug-likeness (QED) is 0.227. The Kier molecular flexibility index (Phi) is 4.74. The summed E-state index contributed by atoms with van der Waals surface area (Å²) >= 11 is 0. The van der Waals surface area contributed by atoms with Crippen LogP contribution in [0, 0.1) is 0 Å². The van der Waals surface area contributed by atoms with E-state index in [0.29, 0.717) is 0 Å². The minimum absolute atomic E-state index is 0.00715. The normalized spacial score (nSPS) is 25.5. The monoisotopic (exact) mass is 526 g/mol. The summed E-state index contributed by atoms with van der Waals surface area (Å²) in [5.41, 5.74) is 9.38. The minimum atomic E-state index is -0.0369. The highest BCUT2D eigenvalue weighted by Crippen LogP contribution is 2.76. The third-order valence-corrected chi connectivity index (χ3v) is 9.49. The lowest BCUT2D eigenvalue weighted by molar-refractivity contribution is 0.305. The molecule has 1 fully saturated rings. The van der Waals surface area contributed by atoms with Gasteiger partial charge in [-0.05, 0) is 46.5 Å². The van der Waals surface area contributed by atoms with Crippen molar-refractivity contribution in [1.29, 1.82) is 0 Å². The minimum Gasteiger partial charge on any atom is -0.285 e. The van der Waals surface area contributed by atoms with E-state index in [0.717, 1.165) is 33.2 Å². The van der Waals surface area contributed by atoms with Gasteiger partial charge < -0.3 is 0 Å². The van der Waals surface area contributed by atoms with Crippen molar-refractivity contribution in [2.24, 2.45) is 9.98 Å². The van der Waals surface area contributed by atoms with Crippen molar-refractivity contribution in [3.8, 4) is 0 Å². The lowest BCUT2D eigenvalue weighted by atomic mass is 9.43. The molecule has 0 radical (unpaired) electrons. The number of fused-ring (bicyclic) bond motifs is 6. The highest BCUT2D eigenvalue weighted by Gasteiger charge is 2.74. The number of nitrogens with zero attached hydrogens (tertiary/aromatic N) is 4. The number of pyridine rings is 2. The molecule has 3 aliphatic carbocycles. The first-order chi connectivity index (χ1) is 20.3. The summed E-state index contributed by atoms with van der Waals surface area (Å²) in [4.78, 5) is 20.4. The predicted octanol–water partition coefficient (Wildman–Crippen LogP) is 7.25. The van der Waals surface area contributed by atoms with Crippen molar-refractivity contribution >= 4 is 34.2 Å². The standard InChI is InChI=1S/C37H26N4/c1-7-15-31-23(9-1)17-19-25(40-31)21-38-35-33-27-11-3-5-13-29(27)37(33)30-14-6-4-12-28(30)34(37)36(35)39-22-26-20-18-24-10-2-8-16-32(24)41-26/h1-22,33-36H/t33?,34?,35-,36-,37?/m1/s1. The molecule has 2 heterocycles. The van der Waals surface area contributed by atoms with Gasteiger partial charge in [0.05, 0.1) is 34.5 Å². The Balaban J connectivity index is 1.17. The summed E-state index contributed by atoms with van der Waals surface area (Å²) in [5.74, 6) is 0.559. The largest absolute Gasteiger partial charge is 0.285 e. The van der Waals surface area contributed by atoms with E-state index in [1.54, 1.807) is 0 Å². The van der Waals surface area contributed by atoms with Gasteiger partial charge in [0.1, 0.15) is 0 Å². The van der Waals surface area contributed by atoms with E-state index in [1.165, 1.54) is 22.3 Å². The summed E-state index contributed by atoms with van der Waals surface area (Å²) < 4.78 is 0. The van der Waals surface area contributed by atoms with Gasteiger partial charge in [-0.3, -0.25) is 9.98 Å². The Bertz CT molecular complexity index is 1910. The molecule has 0 amide bonds. The van der Waals surface area contributed by atoms with Gasteiger partial charge in [-0.2, -0.15) is 0 Å². The maximum atomic E-state index is 5.32. The van der Waals surface area contributed by atoms with Crippen LogP contribution in [0.5, 0.6) is 0 Å². The average Bonchev–Trinajstić information content (AvgIpc) is 3.22. The highest BCUT2D eigenvalue weighted by molar-refractivity contribution is 5.87. The Hall–Kier alpha value is -4.96. The molecule has 1 saturated carbocycles. The van der Waals surface area contributed by atoms with E-state index in [1.807, 2.05) is 36.7 Å². The second kappa shape index (κ2) is 8.52. The fourth-order valence-electron chi connectivity index (χ4n) is 7.92. The fourth-order valence-corrected chi connectivity index (χ4v) is 7.92. The van der Waals surface area contributed by atoms with Crippen LogP contribution in [0.15, 0.2) is 131 Å². The van der Waals surface area contributed by atoms with Crippen LogP contribution in [0.4, 0.5) is 0 Å². The van der Waals surface area contributed by atoms with Crippen molar-refractivity contribution in [2.75, 3.05) is 0 Å². The molecular formula is C37H26N4. The van der Waals surface area contributed by atoms with Crippen molar-refractivity contribution in [1.82, 2.24) is 9.97 Å². The van der Waals surface area contributed by atoms with E-state index in [2.05, 4.69) is 97.1 Å². The SMILES string of the molecule is C(=N[C@@H]1C2c3ccccc3C23c2ccccc2C3[C@H]1N=Cc1ccc2ccccc2n1)c1ccc2ccccc2n1. The van der Waals surface area contributed by atoms with E-state index in [-0.39, 0.29) is 29.3 Å². The maximum absolute atomic E-state index is 5.32. The van der Waals surface area contributed by atoms with Crippen LogP contribution >= 0.6 is 0 Å². The molecule has 0 N–H and O–H groups in total. The first-order valence-corrected chi connectivity index (χ1v) is 14.3. The molecule has 3 aliphatic rings. The molecule has 0 bridgehead atoms. The third-order valence-electron chi connectivity index (χ3n) is 9.49. The second-order valence-corrected chi connectivity index (χ2v) is 11.4. The van der Waals surface area contributed by atoms with Gasteiger partial charge in [0.2, 0.25) is 0 Å². The van der Waals surface area contributed by atoms with Gasteiger partial charge in [0.25, 0.3) is 0 Å². The number of hydrogen-bond acceptors (Lipinski definition) is 4. The molecule has 0 saturated heterocycles. The zero-order chi connectivity index (χ0) is 27.0. The van der Waals surface area contributed by atoms with Gasteiger partial charge in [0.15, 0.2) is 0 Å². The van der Waals surface area contributed by atoms with Crippen LogP contribution in [0.25, 0.3) is 21.8 Å². The molecule has 9 rings (SSSR count). The summed E-state index contributed by atoms with van der Waals surface area (Å²) in [6.45, 7) is 0. The van der Waals surface area contributed by atoms with Gasteiger partial charge in [-0.25, -0.2) is 9.97 Å². The smallest absolute Gasteiger partial charge is 0.0815 e. The zero-order valence-electron chi connectivity index (χ0n) is 22.3. The number of aliphatic imine (C=N–C) groups is 2. The van der Waals surface area contributed by atoms with Gasteiger partial charge in [-0.15, -0.1) is 0 Å². The Labute approximate surface area is 238 Å². The van der Waals surface area contributed by atoms with Crippen LogP contribution in [0.2, 0.25) is 0 Å². The molecule has 4 atom stereocenters. The third kappa shape index (κ3) is 3.10. The maximum Gasteiger partial charge on any atom is 0.0815 e. The lowest BCUT2D eigenvalue weighted by Gasteiger charge is -2.58. The van der Waals surface area contributed by atoms with Gasteiger partial charge in [0, 0.05) is 40.5 Å². The van der Waals surface area contributed by atoms with Gasteiger partial charge >= 0.3 is 0 Å².